The van der Waals surface area contributed by atoms with E-state index in [-0.39, 0.29) is 29.7 Å². The van der Waals surface area contributed by atoms with Gasteiger partial charge in [-0.25, -0.2) is 0 Å². The average Bonchev–Trinajstić information content (AvgIpc) is 3.02. The maximum absolute atomic E-state index is 12.4. The van der Waals surface area contributed by atoms with Gasteiger partial charge >= 0.3 is 0 Å². The molecular weight excluding hydrogens is 392 g/mol. The first-order valence-corrected chi connectivity index (χ1v) is 9.86. The number of amidine groups is 1. The highest BCUT2D eigenvalue weighted by Crippen LogP contribution is 2.28. The van der Waals surface area contributed by atoms with Crippen LogP contribution in [0.2, 0.25) is 0 Å². The molecule has 0 saturated carbocycles. The zero-order chi connectivity index (χ0) is 21.0. The molecule has 0 spiro atoms. The van der Waals surface area contributed by atoms with Crippen LogP contribution < -0.4 is 10.6 Å². The molecule has 0 radical (unpaired) electrons. The van der Waals surface area contributed by atoms with Gasteiger partial charge in [0.2, 0.25) is 11.8 Å². The van der Waals surface area contributed by atoms with Crippen LogP contribution in [0.5, 0.6) is 0 Å². The highest BCUT2D eigenvalue weighted by Gasteiger charge is 2.32. The molecule has 0 aliphatic carbocycles. The van der Waals surface area contributed by atoms with E-state index < -0.39 is 16.1 Å². The smallest absolute Gasteiger partial charge is 0.293 e. The lowest BCUT2D eigenvalue weighted by molar-refractivity contribution is -0.384. The number of hydrogen-bond acceptors (Lipinski definition) is 6. The van der Waals surface area contributed by atoms with E-state index in [0.29, 0.717) is 10.7 Å². The number of hydrogen-bond donors (Lipinski definition) is 2. The van der Waals surface area contributed by atoms with Crippen LogP contribution in [0.3, 0.4) is 0 Å². The number of aliphatic imine (C=N–C) groups is 1. The molecule has 1 aliphatic rings. The number of anilines is 1. The van der Waals surface area contributed by atoms with Gasteiger partial charge in [0.05, 0.1) is 11.0 Å². The van der Waals surface area contributed by atoms with E-state index in [1.54, 1.807) is 13.0 Å². The molecule has 0 bridgehead atoms. The van der Waals surface area contributed by atoms with Crippen LogP contribution in [-0.4, -0.2) is 27.2 Å². The van der Waals surface area contributed by atoms with Crippen molar-refractivity contribution in [1.29, 1.82) is 0 Å². The molecule has 1 saturated heterocycles. The van der Waals surface area contributed by atoms with E-state index in [1.807, 2.05) is 37.3 Å². The summed E-state index contributed by atoms with van der Waals surface area (Å²) in [5, 5.41) is 16.2. The lowest BCUT2D eigenvalue weighted by Gasteiger charge is -2.09. The van der Waals surface area contributed by atoms with Gasteiger partial charge < -0.3 is 10.6 Å². The second-order valence-corrected chi connectivity index (χ2v) is 7.84. The van der Waals surface area contributed by atoms with Crippen molar-refractivity contribution in [3.63, 3.8) is 0 Å². The molecular formula is C20H20N4O4S. The molecule has 150 valence electrons. The van der Waals surface area contributed by atoms with E-state index in [0.717, 1.165) is 5.56 Å². The number of nitrogens with zero attached hydrogens (tertiary/aromatic N) is 2. The zero-order valence-corrected chi connectivity index (χ0v) is 16.7. The fraction of sp³-hybridized carbons (Fsp3) is 0.250. The molecule has 2 amide bonds. The van der Waals surface area contributed by atoms with Crippen molar-refractivity contribution in [3.8, 4) is 0 Å². The molecule has 3 rings (SSSR count). The van der Waals surface area contributed by atoms with Gasteiger partial charge in [0, 0.05) is 12.5 Å². The summed E-state index contributed by atoms with van der Waals surface area (Å²) in [5.74, 6) is -0.774. The SMILES string of the molecule is Cc1ccc(NC(=O)C[C@@H]2SC(=N[C@@H](C)c3ccccc3)NC2=O)c([N+](=O)[O-])c1. The molecule has 2 aromatic carbocycles. The van der Waals surface area contributed by atoms with Crippen molar-refractivity contribution >= 4 is 40.1 Å². The maximum atomic E-state index is 12.4. The number of benzene rings is 2. The van der Waals surface area contributed by atoms with Gasteiger partial charge in [-0.3, -0.25) is 24.7 Å². The monoisotopic (exact) mass is 412 g/mol. The van der Waals surface area contributed by atoms with Gasteiger partial charge in [-0.2, -0.15) is 0 Å². The Kier molecular flexibility index (Phi) is 6.28. The predicted molar refractivity (Wildman–Crippen MR) is 113 cm³/mol. The Hall–Kier alpha value is -3.20. The number of amides is 2. The molecule has 29 heavy (non-hydrogen) atoms. The number of nitrogens with one attached hydrogen (secondary N) is 2. The lowest BCUT2D eigenvalue weighted by atomic mass is 10.1. The number of thioether (sulfide) groups is 1. The Morgan fingerprint density at radius 2 is 2.03 bits per heavy atom. The Balaban J connectivity index is 1.64. The Morgan fingerprint density at radius 1 is 1.31 bits per heavy atom. The third-order valence-corrected chi connectivity index (χ3v) is 5.46. The number of carbonyl (C=O) groups is 2. The molecule has 0 aromatic heterocycles. The molecule has 2 aromatic rings. The largest absolute Gasteiger partial charge is 0.320 e. The van der Waals surface area contributed by atoms with Crippen LogP contribution >= 0.6 is 11.8 Å². The number of nitro groups is 1. The first-order chi connectivity index (χ1) is 13.8. The fourth-order valence-electron chi connectivity index (χ4n) is 2.85. The summed E-state index contributed by atoms with van der Waals surface area (Å²) < 4.78 is 0. The second kappa shape index (κ2) is 8.87. The zero-order valence-electron chi connectivity index (χ0n) is 15.9. The molecule has 1 aliphatic heterocycles. The Labute approximate surface area is 171 Å². The molecule has 0 unspecified atom stereocenters. The summed E-state index contributed by atoms with van der Waals surface area (Å²) >= 11 is 1.19. The summed E-state index contributed by atoms with van der Waals surface area (Å²) in [7, 11) is 0. The second-order valence-electron chi connectivity index (χ2n) is 6.65. The quantitative estimate of drug-likeness (QED) is 0.556. The normalized spacial score (nSPS) is 18.3. The van der Waals surface area contributed by atoms with Crippen molar-refractivity contribution in [2.45, 2.75) is 31.6 Å². The fourth-order valence-corrected chi connectivity index (χ4v) is 3.90. The minimum absolute atomic E-state index is 0.111. The van der Waals surface area contributed by atoms with Gasteiger partial charge in [-0.1, -0.05) is 48.2 Å². The van der Waals surface area contributed by atoms with E-state index in [9.17, 15) is 19.7 Å². The third kappa shape index (κ3) is 5.20. The van der Waals surface area contributed by atoms with Crippen molar-refractivity contribution in [2.24, 2.45) is 4.99 Å². The lowest BCUT2D eigenvalue weighted by Crippen LogP contribution is -2.28. The van der Waals surface area contributed by atoms with E-state index in [2.05, 4.69) is 15.6 Å². The van der Waals surface area contributed by atoms with Crippen LogP contribution in [-0.2, 0) is 9.59 Å². The summed E-state index contributed by atoms with van der Waals surface area (Å²) in [6.07, 6.45) is -0.111. The van der Waals surface area contributed by atoms with Crippen LogP contribution in [0, 0.1) is 17.0 Å². The number of aryl methyl sites for hydroxylation is 1. The van der Waals surface area contributed by atoms with E-state index in [4.69, 9.17) is 0 Å². The first kappa shape index (κ1) is 20.5. The number of carbonyl (C=O) groups excluding carboxylic acids is 2. The Bertz CT molecular complexity index is 978. The molecule has 2 atom stereocenters. The average molecular weight is 412 g/mol. The minimum Gasteiger partial charge on any atom is -0.320 e. The summed E-state index contributed by atoms with van der Waals surface area (Å²) in [5.41, 5.74) is 1.66. The van der Waals surface area contributed by atoms with Crippen LogP contribution in [0.4, 0.5) is 11.4 Å². The molecule has 9 heteroatoms. The summed E-state index contributed by atoms with van der Waals surface area (Å²) in [4.78, 5) is 39.7. The van der Waals surface area contributed by atoms with Crippen molar-refractivity contribution in [3.05, 3.63) is 69.8 Å². The summed E-state index contributed by atoms with van der Waals surface area (Å²) in [6.45, 7) is 3.65. The molecule has 1 fully saturated rings. The minimum atomic E-state index is -0.638. The van der Waals surface area contributed by atoms with Crippen LogP contribution in [0.15, 0.2) is 53.5 Å². The number of nitro benzene ring substituents is 1. The van der Waals surface area contributed by atoms with Crippen molar-refractivity contribution < 1.29 is 14.5 Å². The van der Waals surface area contributed by atoms with E-state index >= 15 is 0 Å². The van der Waals surface area contributed by atoms with Crippen molar-refractivity contribution in [2.75, 3.05) is 5.32 Å². The molecule has 1 heterocycles. The summed E-state index contributed by atoms with van der Waals surface area (Å²) in [6, 6.07) is 14.1. The highest BCUT2D eigenvalue weighted by molar-refractivity contribution is 8.15. The maximum Gasteiger partial charge on any atom is 0.293 e. The topological polar surface area (TPSA) is 114 Å². The van der Waals surface area contributed by atoms with Gasteiger partial charge in [-0.05, 0) is 31.0 Å². The highest BCUT2D eigenvalue weighted by atomic mass is 32.2. The van der Waals surface area contributed by atoms with Gasteiger partial charge in [-0.15, -0.1) is 0 Å². The standard InChI is InChI=1S/C20H20N4O4S/c1-12-8-9-15(16(10-12)24(27)28)22-18(25)11-17-19(26)23-20(29-17)21-13(2)14-6-4-3-5-7-14/h3-10,13,17H,11H2,1-2H3,(H,22,25)(H,21,23,26)/t13-,17-/m0/s1. The van der Waals surface area contributed by atoms with E-state index in [1.165, 1.54) is 23.9 Å². The van der Waals surface area contributed by atoms with Crippen LogP contribution in [0.25, 0.3) is 0 Å². The van der Waals surface area contributed by atoms with Gasteiger partial charge in [0.1, 0.15) is 10.9 Å². The van der Waals surface area contributed by atoms with Crippen LogP contribution in [0.1, 0.15) is 30.5 Å². The van der Waals surface area contributed by atoms with Gasteiger partial charge in [0.15, 0.2) is 5.17 Å². The predicted octanol–water partition coefficient (Wildman–Crippen LogP) is 3.58. The Morgan fingerprint density at radius 3 is 2.72 bits per heavy atom. The molecule has 8 nitrogen and oxygen atoms in total. The van der Waals surface area contributed by atoms with Gasteiger partial charge in [0.25, 0.3) is 5.69 Å². The van der Waals surface area contributed by atoms with Crippen molar-refractivity contribution in [1.82, 2.24) is 5.32 Å². The number of rotatable bonds is 6. The molecule has 2 N–H and O–H groups in total. The first-order valence-electron chi connectivity index (χ1n) is 8.98. The third-order valence-electron chi connectivity index (χ3n) is 4.36.